The van der Waals surface area contributed by atoms with Gasteiger partial charge in [-0.05, 0) is 90.0 Å². The molecule has 0 saturated heterocycles. The molecule has 3 aromatic heterocycles. The SMILES string of the molecule is N#Cc1ccccc1-c1ccc(-n2c3ccc(-c4nc5ccccc5s4)cc3c3cc(-c4nc5ccccc5s4)ccc32)cc1. The maximum absolute atomic E-state index is 9.65. The number of rotatable bonds is 4. The molecular weight excluding hydrogens is 589 g/mol. The summed E-state index contributed by atoms with van der Waals surface area (Å²) in [6.45, 7) is 0. The fourth-order valence-electron chi connectivity index (χ4n) is 6.18. The molecule has 0 aliphatic carbocycles. The average Bonchev–Trinajstić information content (AvgIpc) is 3.82. The summed E-state index contributed by atoms with van der Waals surface area (Å²) in [5.74, 6) is 0. The molecule has 6 aromatic carbocycles. The van der Waals surface area contributed by atoms with Crippen molar-refractivity contribution < 1.29 is 0 Å². The van der Waals surface area contributed by atoms with Gasteiger partial charge < -0.3 is 4.57 Å². The molecule has 0 fully saturated rings. The van der Waals surface area contributed by atoms with Gasteiger partial charge in [0, 0.05) is 27.6 Å². The first kappa shape index (κ1) is 25.8. The Morgan fingerprint density at radius 3 is 1.60 bits per heavy atom. The number of benzene rings is 6. The maximum Gasteiger partial charge on any atom is 0.124 e. The number of aromatic nitrogens is 3. The molecule has 6 heteroatoms. The molecule has 0 unspecified atom stereocenters. The Morgan fingerprint density at radius 2 is 1.04 bits per heavy atom. The predicted octanol–water partition coefficient (Wildman–Crippen LogP) is 10.9. The molecule has 3 heterocycles. The van der Waals surface area contributed by atoms with E-state index in [1.165, 1.54) is 20.2 Å². The number of hydrogen-bond donors (Lipinski definition) is 0. The van der Waals surface area contributed by atoms with Gasteiger partial charge in [0.1, 0.15) is 10.0 Å². The van der Waals surface area contributed by atoms with E-state index in [1.54, 1.807) is 22.7 Å². The minimum absolute atomic E-state index is 0.673. The van der Waals surface area contributed by atoms with E-state index in [0.29, 0.717) is 5.56 Å². The van der Waals surface area contributed by atoms with Crippen LogP contribution in [-0.2, 0) is 0 Å². The molecule has 0 aliphatic heterocycles. The van der Waals surface area contributed by atoms with Crippen molar-refractivity contribution in [1.29, 1.82) is 5.26 Å². The van der Waals surface area contributed by atoms with Crippen molar-refractivity contribution in [3.05, 3.63) is 139 Å². The zero-order valence-corrected chi connectivity index (χ0v) is 25.4. The lowest BCUT2D eigenvalue weighted by Crippen LogP contribution is -1.94. The minimum atomic E-state index is 0.673. The van der Waals surface area contributed by atoms with Gasteiger partial charge in [-0.25, -0.2) is 9.97 Å². The van der Waals surface area contributed by atoms with E-state index in [9.17, 15) is 5.26 Å². The van der Waals surface area contributed by atoms with Crippen LogP contribution in [-0.4, -0.2) is 14.5 Å². The highest BCUT2D eigenvalue weighted by atomic mass is 32.1. The molecule has 0 spiro atoms. The number of nitrogens with zero attached hydrogens (tertiary/aromatic N) is 4. The van der Waals surface area contributed by atoms with E-state index in [0.717, 1.165) is 60.0 Å². The molecule has 0 amide bonds. The second kappa shape index (κ2) is 10.2. The van der Waals surface area contributed by atoms with Gasteiger partial charge in [-0.2, -0.15) is 5.26 Å². The van der Waals surface area contributed by atoms with Crippen LogP contribution in [0.5, 0.6) is 0 Å². The minimum Gasteiger partial charge on any atom is -0.309 e. The molecule has 0 radical (unpaired) electrons. The molecular formula is C39H22N4S2. The topological polar surface area (TPSA) is 54.5 Å². The zero-order chi connectivity index (χ0) is 29.9. The van der Waals surface area contributed by atoms with E-state index in [4.69, 9.17) is 9.97 Å². The lowest BCUT2D eigenvalue weighted by Gasteiger charge is -2.10. The predicted molar refractivity (Wildman–Crippen MR) is 188 cm³/mol. The van der Waals surface area contributed by atoms with Crippen molar-refractivity contribution in [2.75, 3.05) is 0 Å². The standard InChI is InChI=1S/C39H22N4S2/c40-23-27-7-1-2-8-29(27)24-13-17-28(18-14-24)43-34-19-15-25(38-41-32-9-3-5-11-36(32)44-38)21-30(34)31-22-26(16-20-35(31)43)39-42-33-10-4-6-12-37(33)45-39/h1-22H. The Bertz CT molecular complexity index is 2420. The number of nitriles is 1. The molecule has 4 nitrogen and oxygen atoms in total. The summed E-state index contributed by atoms with van der Waals surface area (Å²) in [7, 11) is 0. The highest BCUT2D eigenvalue weighted by molar-refractivity contribution is 7.22. The Balaban J connectivity index is 1.25. The number of fused-ring (bicyclic) bond motifs is 5. The normalized spacial score (nSPS) is 11.5. The van der Waals surface area contributed by atoms with Crippen LogP contribution in [0.25, 0.3) is 80.2 Å². The summed E-state index contributed by atoms with van der Waals surface area (Å²) in [6.07, 6.45) is 0. The first-order valence-corrected chi connectivity index (χ1v) is 16.3. The second-order valence-electron chi connectivity index (χ2n) is 11.0. The summed E-state index contributed by atoms with van der Waals surface area (Å²) in [5, 5.41) is 14.0. The summed E-state index contributed by atoms with van der Waals surface area (Å²) >= 11 is 3.45. The highest BCUT2D eigenvalue weighted by Crippen LogP contribution is 2.40. The number of thiazole rings is 2. The average molecular weight is 611 g/mol. The second-order valence-corrected chi connectivity index (χ2v) is 13.0. The van der Waals surface area contributed by atoms with Crippen LogP contribution < -0.4 is 0 Å². The summed E-state index contributed by atoms with van der Waals surface area (Å²) in [4.78, 5) is 9.91. The molecule has 9 aromatic rings. The third-order valence-electron chi connectivity index (χ3n) is 8.33. The molecule has 0 atom stereocenters. The van der Waals surface area contributed by atoms with Gasteiger partial charge in [-0.3, -0.25) is 0 Å². The lowest BCUT2D eigenvalue weighted by atomic mass is 10.0. The van der Waals surface area contributed by atoms with Crippen LogP contribution in [0.4, 0.5) is 0 Å². The first-order chi connectivity index (χ1) is 22.2. The third-order valence-corrected chi connectivity index (χ3v) is 10.5. The fourth-order valence-corrected chi connectivity index (χ4v) is 8.11. The van der Waals surface area contributed by atoms with Crippen molar-refractivity contribution in [2.24, 2.45) is 0 Å². The van der Waals surface area contributed by atoms with Gasteiger partial charge in [0.2, 0.25) is 0 Å². The van der Waals surface area contributed by atoms with Crippen molar-refractivity contribution in [3.8, 4) is 44.0 Å². The van der Waals surface area contributed by atoms with Gasteiger partial charge >= 0.3 is 0 Å². The van der Waals surface area contributed by atoms with Gasteiger partial charge in [0.15, 0.2) is 0 Å². The van der Waals surface area contributed by atoms with Crippen LogP contribution in [0.15, 0.2) is 133 Å². The van der Waals surface area contributed by atoms with Crippen LogP contribution in [0.3, 0.4) is 0 Å². The van der Waals surface area contributed by atoms with E-state index in [-0.39, 0.29) is 0 Å². The van der Waals surface area contributed by atoms with Crippen LogP contribution in [0, 0.1) is 11.3 Å². The molecule has 210 valence electrons. The zero-order valence-electron chi connectivity index (χ0n) is 23.8. The lowest BCUT2D eigenvalue weighted by molar-refractivity contribution is 1.18. The fraction of sp³-hybridized carbons (Fsp3) is 0. The molecule has 45 heavy (non-hydrogen) atoms. The Morgan fingerprint density at radius 1 is 0.533 bits per heavy atom. The van der Waals surface area contributed by atoms with Crippen LogP contribution >= 0.6 is 22.7 Å². The molecule has 0 bridgehead atoms. The van der Waals surface area contributed by atoms with Gasteiger partial charge in [0.25, 0.3) is 0 Å². The third kappa shape index (κ3) is 4.25. The van der Waals surface area contributed by atoms with Gasteiger partial charge in [-0.1, -0.05) is 54.6 Å². The molecule has 0 saturated carbocycles. The summed E-state index contributed by atoms with van der Waals surface area (Å²) in [6, 6.07) is 48.5. The highest BCUT2D eigenvalue weighted by Gasteiger charge is 2.17. The van der Waals surface area contributed by atoms with E-state index in [2.05, 4.69) is 108 Å². The monoisotopic (exact) mass is 610 g/mol. The van der Waals surface area contributed by atoms with E-state index >= 15 is 0 Å². The largest absolute Gasteiger partial charge is 0.309 e. The number of hydrogen-bond acceptors (Lipinski definition) is 5. The van der Waals surface area contributed by atoms with Crippen molar-refractivity contribution in [1.82, 2.24) is 14.5 Å². The van der Waals surface area contributed by atoms with Crippen molar-refractivity contribution >= 4 is 64.9 Å². The molecule has 0 aliphatic rings. The van der Waals surface area contributed by atoms with Crippen molar-refractivity contribution in [3.63, 3.8) is 0 Å². The van der Waals surface area contributed by atoms with Crippen LogP contribution in [0.2, 0.25) is 0 Å². The van der Waals surface area contributed by atoms with E-state index < -0.39 is 0 Å². The summed E-state index contributed by atoms with van der Waals surface area (Å²) < 4.78 is 4.70. The van der Waals surface area contributed by atoms with E-state index in [1.807, 2.05) is 36.4 Å². The van der Waals surface area contributed by atoms with Gasteiger partial charge in [-0.15, -0.1) is 22.7 Å². The smallest absolute Gasteiger partial charge is 0.124 e. The quantitative estimate of drug-likeness (QED) is 0.199. The number of para-hydroxylation sites is 2. The maximum atomic E-state index is 9.65. The van der Waals surface area contributed by atoms with Crippen molar-refractivity contribution in [2.45, 2.75) is 0 Å². The van der Waals surface area contributed by atoms with Crippen LogP contribution in [0.1, 0.15) is 5.56 Å². The Hall–Kier alpha value is -5.61. The Kier molecular flexibility index (Phi) is 5.88. The molecule has 9 rings (SSSR count). The van der Waals surface area contributed by atoms with Gasteiger partial charge in [0.05, 0.1) is 43.1 Å². The first-order valence-electron chi connectivity index (χ1n) is 14.6. The molecule has 0 N–H and O–H groups in total. The summed E-state index contributed by atoms with van der Waals surface area (Å²) in [5.41, 5.74) is 10.2. The Labute approximate surface area is 266 Å².